The zero-order valence-corrected chi connectivity index (χ0v) is 21.7. The van der Waals surface area contributed by atoms with Crippen LogP contribution in [0.1, 0.15) is 45.0 Å². The minimum Gasteiger partial charge on any atom is -0.462 e. The summed E-state index contributed by atoms with van der Waals surface area (Å²) in [5.74, 6) is -1.42. The summed E-state index contributed by atoms with van der Waals surface area (Å²) >= 11 is 12.6. The Morgan fingerprint density at radius 3 is 2.41 bits per heavy atom. The van der Waals surface area contributed by atoms with Crippen LogP contribution >= 0.6 is 35.2 Å². The van der Waals surface area contributed by atoms with E-state index in [0.29, 0.717) is 45.8 Å². The van der Waals surface area contributed by atoms with Gasteiger partial charge in [0.05, 0.1) is 23.8 Å². The van der Waals surface area contributed by atoms with Gasteiger partial charge in [0.1, 0.15) is 15.7 Å². The normalized spacial score (nSPS) is 14.1. The standard InChI is InChI=1S/C23H27ClFN3O4S2/c1-4-31-21(29)18-14(3)19(22(30)32-5-2)34-20(18)26-23(33)28-10-8-27(9-11-28)13-15-6-7-17(25)16(24)12-15/h6-7,12H,4-5,8-11,13H2,1-3H3,(H,26,33). The van der Waals surface area contributed by atoms with E-state index < -0.39 is 17.8 Å². The van der Waals surface area contributed by atoms with Gasteiger partial charge < -0.3 is 19.7 Å². The molecule has 3 rings (SSSR count). The number of thiophene rings is 1. The fourth-order valence-electron chi connectivity index (χ4n) is 3.62. The third-order valence-electron chi connectivity index (χ3n) is 5.36. The van der Waals surface area contributed by atoms with Gasteiger partial charge in [-0.05, 0) is 56.2 Å². The Kier molecular flexibility index (Phi) is 9.24. The summed E-state index contributed by atoms with van der Waals surface area (Å²) in [6.45, 7) is 9.11. The summed E-state index contributed by atoms with van der Waals surface area (Å²) < 4.78 is 23.7. The number of thiocarbonyl (C=S) groups is 1. The minimum atomic E-state index is -0.514. The van der Waals surface area contributed by atoms with Crippen molar-refractivity contribution in [2.24, 2.45) is 0 Å². The Morgan fingerprint density at radius 1 is 1.15 bits per heavy atom. The van der Waals surface area contributed by atoms with Crippen LogP contribution in [0.15, 0.2) is 18.2 Å². The Hall–Kier alpha value is -2.27. The molecule has 0 amide bonds. The topological polar surface area (TPSA) is 71.1 Å². The second-order valence-corrected chi connectivity index (χ2v) is 9.46. The van der Waals surface area contributed by atoms with Crippen LogP contribution in [0, 0.1) is 12.7 Å². The first kappa shape index (κ1) is 26.3. The average Bonchev–Trinajstić information content (AvgIpc) is 3.13. The van der Waals surface area contributed by atoms with Gasteiger partial charge in [-0.1, -0.05) is 17.7 Å². The molecule has 11 heteroatoms. The van der Waals surface area contributed by atoms with E-state index in [9.17, 15) is 14.0 Å². The number of anilines is 1. The molecule has 0 radical (unpaired) electrons. The molecule has 0 atom stereocenters. The Morgan fingerprint density at radius 2 is 1.79 bits per heavy atom. The molecule has 2 aromatic rings. The number of halogens is 2. The molecule has 1 aromatic carbocycles. The molecule has 0 aliphatic carbocycles. The number of carbonyl (C=O) groups is 2. The monoisotopic (exact) mass is 527 g/mol. The van der Waals surface area contributed by atoms with Crippen LogP contribution in [0.4, 0.5) is 9.39 Å². The van der Waals surface area contributed by atoms with E-state index >= 15 is 0 Å². The highest BCUT2D eigenvalue weighted by Gasteiger charge is 2.28. The number of hydrogen-bond donors (Lipinski definition) is 1. The predicted octanol–water partition coefficient (Wildman–Crippen LogP) is 4.72. The first-order valence-corrected chi connectivity index (χ1v) is 12.5. The number of carbonyl (C=O) groups excluding carboxylic acids is 2. The summed E-state index contributed by atoms with van der Waals surface area (Å²) in [5.41, 5.74) is 1.75. The highest BCUT2D eigenvalue weighted by Crippen LogP contribution is 2.34. The van der Waals surface area contributed by atoms with Gasteiger partial charge in [-0.2, -0.15) is 0 Å². The van der Waals surface area contributed by atoms with Crippen LogP contribution in [0.3, 0.4) is 0 Å². The van der Waals surface area contributed by atoms with Crippen LogP contribution in [0.25, 0.3) is 0 Å². The lowest BCUT2D eigenvalue weighted by Crippen LogP contribution is -2.49. The van der Waals surface area contributed by atoms with Crippen LogP contribution in [-0.2, 0) is 16.0 Å². The summed E-state index contributed by atoms with van der Waals surface area (Å²) in [4.78, 5) is 29.5. The molecule has 34 heavy (non-hydrogen) atoms. The van der Waals surface area contributed by atoms with Crippen LogP contribution in [0.2, 0.25) is 5.02 Å². The van der Waals surface area contributed by atoms with Gasteiger partial charge in [-0.15, -0.1) is 11.3 Å². The second-order valence-electron chi connectivity index (χ2n) is 7.64. The number of benzene rings is 1. The smallest absolute Gasteiger partial charge is 0.348 e. The number of ether oxygens (including phenoxy) is 2. The van der Waals surface area contributed by atoms with Gasteiger partial charge in [0.2, 0.25) is 0 Å². The minimum absolute atomic E-state index is 0.118. The van der Waals surface area contributed by atoms with E-state index in [-0.39, 0.29) is 18.2 Å². The van der Waals surface area contributed by atoms with Crippen molar-refractivity contribution in [3.05, 3.63) is 50.6 Å². The van der Waals surface area contributed by atoms with Crippen LogP contribution in [-0.4, -0.2) is 66.2 Å². The summed E-state index contributed by atoms with van der Waals surface area (Å²) in [6, 6.07) is 4.76. The Labute approximate surface area is 212 Å². The summed E-state index contributed by atoms with van der Waals surface area (Å²) in [7, 11) is 0. The maximum Gasteiger partial charge on any atom is 0.348 e. The van der Waals surface area contributed by atoms with Gasteiger partial charge in [-0.25, -0.2) is 14.0 Å². The maximum atomic E-state index is 13.4. The summed E-state index contributed by atoms with van der Waals surface area (Å²) in [5, 5.41) is 4.19. The molecule has 0 bridgehead atoms. The van der Waals surface area contributed by atoms with E-state index in [2.05, 4.69) is 10.2 Å². The Bertz CT molecular complexity index is 1070. The fraction of sp³-hybridized carbons (Fsp3) is 0.435. The van der Waals surface area contributed by atoms with Crippen molar-refractivity contribution in [2.45, 2.75) is 27.3 Å². The van der Waals surface area contributed by atoms with Crippen molar-refractivity contribution < 1.29 is 23.5 Å². The van der Waals surface area contributed by atoms with Crippen molar-refractivity contribution >= 4 is 57.2 Å². The molecule has 0 unspecified atom stereocenters. The average molecular weight is 528 g/mol. The third kappa shape index (κ3) is 6.24. The second kappa shape index (κ2) is 11.9. The van der Waals surface area contributed by atoms with Crippen molar-refractivity contribution in [1.29, 1.82) is 0 Å². The molecule has 1 aliphatic heterocycles. The third-order valence-corrected chi connectivity index (χ3v) is 7.19. The highest BCUT2D eigenvalue weighted by atomic mass is 35.5. The van der Waals surface area contributed by atoms with E-state index in [1.165, 1.54) is 6.07 Å². The molecular weight excluding hydrogens is 501 g/mol. The fourth-order valence-corrected chi connectivity index (χ4v) is 5.26. The first-order chi connectivity index (χ1) is 16.2. The van der Waals surface area contributed by atoms with Gasteiger partial charge in [-0.3, -0.25) is 4.90 Å². The van der Waals surface area contributed by atoms with Gasteiger partial charge in [0.25, 0.3) is 0 Å². The highest BCUT2D eigenvalue weighted by molar-refractivity contribution is 7.80. The number of esters is 2. The molecule has 0 saturated carbocycles. The van der Waals surface area contributed by atoms with Crippen LogP contribution in [0.5, 0.6) is 0 Å². The molecule has 1 aromatic heterocycles. The molecule has 1 N–H and O–H groups in total. The van der Waals surface area contributed by atoms with Crippen molar-refractivity contribution in [3.8, 4) is 0 Å². The quantitative estimate of drug-likeness (QED) is 0.410. The molecule has 2 heterocycles. The lowest BCUT2D eigenvalue weighted by atomic mass is 10.1. The van der Waals surface area contributed by atoms with E-state index in [1.54, 1.807) is 32.9 Å². The van der Waals surface area contributed by atoms with E-state index in [1.807, 2.05) is 4.90 Å². The lowest BCUT2D eigenvalue weighted by Gasteiger charge is -2.36. The number of nitrogens with zero attached hydrogens (tertiary/aromatic N) is 2. The molecule has 1 saturated heterocycles. The van der Waals surface area contributed by atoms with Crippen LogP contribution < -0.4 is 5.32 Å². The summed E-state index contributed by atoms with van der Waals surface area (Å²) in [6.07, 6.45) is 0. The number of piperazine rings is 1. The van der Waals surface area contributed by atoms with Gasteiger partial charge >= 0.3 is 11.9 Å². The molecule has 1 aliphatic rings. The molecular formula is C23H27ClFN3O4S2. The van der Waals surface area contributed by atoms with E-state index in [4.69, 9.17) is 33.3 Å². The zero-order valence-electron chi connectivity index (χ0n) is 19.3. The Balaban J connectivity index is 1.67. The number of nitrogens with one attached hydrogen (secondary N) is 1. The number of hydrogen-bond acceptors (Lipinski definition) is 7. The maximum absolute atomic E-state index is 13.4. The molecule has 7 nitrogen and oxygen atoms in total. The van der Waals surface area contributed by atoms with Crippen molar-refractivity contribution in [2.75, 3.05) is 44.7 Å². The van der Waals surface area contributed by atoms with E-state index in [0.717, 1.165) is 30.0 Å². The SMILES string of the molecule is CCOC(=O)c1sc(NC(=S)N2CCN(Cc3ccc(F)c(Cl)c3)CC2)c(C(=O)OCC)c1C. The first-order valence-electron chi connectivity index (χ1n) is 10.9. The molecule has 1 fully saturated rings. The van der Waals surface area contributed by atoms with Gasteiger partial charge in [0, 0.05) is 32.7 Å². The lowest BCUT2D eigenvalue weighted by molar-refractivity contribution is 0.0527. The van der Waals surface area contributed by atoms with Crippen molar-refractivity contribution in [1.82, 2.24) is 9.80 Å². The zero-order chi connectivity index (χ0) is 24.8. The molecule has 0 spiro atoms. The molecule has 184 valence electrons. The predicted molar refractivity (Wildman–Crippen MR) is 135 cm³/mol. The number of rotatable bonds is 7. The van der Waals surface area contributed by atoms with Gasteiger partial charge in [0.15, 0.2) is 5.11 Å². The van der Waals surface area contributed by atoms with Crippen molar-refractivity contribution in [3.63, 3.8) is 0 Å². The largest absolute Gasteiger partial charge is 0.462 e.